The van der Waals surface area contributed by atoms with Gasteiger partial charge in [0, 0.05) is 19.5 Å². The van der Waals surface area contributed by atoms with Gasteiger partial charge in [-0.15, -0.1) is 0 Å². The predicted molar refractivity (Wildman–Crippen MR) is 60.8 cm³/mol. The second-order valence-electron chi connectivity index (χ2n) is 5.26. The molecule has 0 aliphatic carbocycles. The van der Waals surface area contributed by atoms with Gasteiger partial charge < -0.3 is 4.74 Å². The van der Waals surface area contributed by atoms with Crippen molar-refractivity contribution in [3.05, 3.63) is 23.8 Å². The van der Waals surface area contributed by atoms with E-state index >= 15 is 0 Å². The molecule has 1 rings (SSSR count). The third-order valence-electron chi connectivity index (χ3n) is 2.57. The Morgan fingerprint density at radius 1 is 1.00 bits per heavy atom. The highest BCUT2D eigenvalue weighted by molar-refractivity contribution is 5.16. The quantitative estimate of drug-likeness (QED) is 0.749. The Bertz CT molecular complexity index is 322. The summed E-state index contributed by atoms with van der Waals surface area (Å²) >= 11 is 0. The summed E-state index contributed by atoms with van der Waals surface area (Å²) in [6.07, 6.45) is 3.76. The minimum Gasteiger partial charge on any atom is -0.371 e. The average Bonchev–Trinajstić information content (AvgIpc) is 2.17. The first-order chi connectivity index (χ1) is 6.77. The highest BCUT2D eigenvalue weighted by Crippen LogP contribution is 2.23. The normalized spacial score (nSPS) is 12.9. The molecule has 0 bridgehead atoms. The summed E-state index contributed by atoms with van der Waals surface area (Å²) in [7, 11) is 1.67. The van der Waals surface area contributed by atoms with Crippen molar-refractivity contribution in [1.29, 1.82) is 0 Å². The fraction of sp³-hybridized carbons (Fsp3) is 0.667. The van der Waals surface area contributed by atoms with Crippen molar-refractivity contribution in [2.45, 2.75) is 45.6 Å². The average molecular weight is 208 g/mol. The van der Waals surface area contributed by atoms with Crippen LogP contribution >= 0.6 is 0 Å². The molecule has 0 amide bonds. The molecule has 0 atom stereocenters. The highest BCUT2D eigenvalue weighted by atomic mass is 16.5. The van der Waals surface area contributed by atoms with Crippen molar-refractivity contribution in [2.24, 2.45) is 0 Å². The first kappa shape index (κ1) is 12.1. The van der Waals surface area contributed by atoms with Crippen LogP contribution in [0.15, 0.2) is 12.4 Å². The molecule has 0 saturated carbocycles. The molecule has 0 aliphatic heterocycles. The number of nitrogens with zero attached hydrogens (tertiary/aromatic N) is 2. The van der Waals surface area contributed by atoms with Crippen molar-refractivity contribution in [3.63, 3.8) is 0 Å². The summed E-state index contributed by atoms with van der Waals surface area (Å²) < 4.78 is 5.32. The molecule has 0 fully saturated rings. The molecule has 0 radical (unpaired) electrons. The predicted octanol–water partition coefficient (Wildman–Crippen LogP) is 2.66. The first-order valence-corrected chi connectivity index (χ1v) is 5.15. The number of hydrogen-bond acceptors (Lipinski definition) is 3. The van der Waals surface area contributed by atoms with E-state index in [4.69, 9.17) is 4.74 Å². The number of ether oxygens (including phenoxy) is 1. The van der Waals surface area contributed by atoms with Gasteiger partial charge in [-0.2, -0.15) is 0 Å². The zero-order valence-corrected chi connectivity index (χ0v) is 10.5. The van der Waals surface area contributed by atoms with Crippen molar-refractivity contribution in [3.8, 4) is 0 Å². The number of methoxy groups -OCH3 is 1. The van der Waals surface area contributed by atoms with Crippen LogP contribution in [0.2, 0.25) is 0 Å². The summed E-state index contributed by atoms with van der Waals surface area (Å²) in [6, 6.07) is 0. The molecule has 0 spiro atoms. The SMILES string of the molecule is COC(C)(C)c1ncc(C(C)(C)C)cn1. The zero-order valence-electron chi connectivity index (χ0n) is 10.5. The maximum atomic E-state index is 5.32. The topological polar surface area (TPSA) is 35.0 Å². The van der Waals surface area contributed by atoms with E-state index in [2.05, 4.69) is 30.7 Å². The Morgan fingerprint density at radius 3 is 1.80 bits per heavy atom. The van der Waals surface area contributed by atoms with Crippen LogP contribution in [0.25, 0.3) is 0 Å². The van der Waals surface area contributed by atoms with Gasteiger partial charge in [0.1, 0.15) is 5.60 Å². The van der Waals surface area contributed by atoms with Gasteiger partial charge in [0.2, 0.25) is 0 Å². The van der Waals surface area contributed by atoms with Crippen molar-refractivity contribution >= 4 is 0 Å². The van der Waals surface area contributed by atoms with E-state index in [1.165, 1.54) is 0 Å². The van der Waals surface area contributed by atoms with Gasteiger partial charge in [0.25, 0.3) is 0 Å². The second kappa shape index (κ2) is 3.89. The first-order valence-electron chi connectivity index (χ1n) is 5.15. The Morgan fingerprint density at radius 2 is 1.47 bits per heavy atom. The molecule has 0 N–H and O–H groups in total. The van der Waals surface area contributed by atoms with Gasteiger partial charge in [-0.05, 0) is 24.8 Å². The minimum atomic E-state index is -0.420. The van der Waals surface area contributed by atoms with Gasteiger partial charge in [0.05, 0.1) is 0 Å². The van der Waals surface area contributed by atoms with Crippen molar-refractivity contribution in [2.75, 3.05) is 7.11 Å². The van der Waals surface area contributed by atoms with Crippen LogP contribution in [0.1, 0.15) is 46.0 Å². The van der Waals surface area contributed by atoms with Crippen LogP contribution in [0.3, 0.4) is 0 Å². The van der Waals surface area contributed by atoms with E-state index in [0.29, 0.717) is 0 Å². The van der Waals surface area contributed by atoms with Gasteiger partial charge in [0.15, 0.2) is 5.82 Å². The molecular formula is C12H20N2O. The maximum Gasteiger partial charge on any atom is 0.159 e. The fourth-order valence-corrected chi connectivity index (χ4v) is 1.12. The lowest BCUT2D eigenvalue weighted by atomic mass is 9.89. The van der Waals surface area contributed by atoms with Crippen LogP contribution in [0, 0.1) is 0 Å². The summed E-state index contributed by atoms with van der Waals surface area (Å²) in [6.45, 7) is 10.4. The largest absolute Gasteiger partial charge is 0.371 e. The third kappa shape index (κ3) is 2.75. The van der Waals surface area contributed by atoms with Gasteiger partial charge >= 0.3 is 0 Å². The summed E-state index contributed by atoms with van der Waals surface area (Å²) in [5, 5.41) is 0. The summed E-state index contributed by atoms with van der Waals surface area (Å²) in [5.41, 5.74) is 0.810. The number of rotatable bonds is 2. The van der Waals surface area contributed by atoms with Crippen LogP contribution in [-0.4, -0.2) is 17.1 Å². The minimum absolute atomic E-state index is 0.0930. The molecule has 0 unspecified atom stereocenters. The standard InChI is InChI=1S/C12H20N2O/c1-11(2,3)9-7-13-10(14-8-9)12(4,5)15-6/h7-8H,1-6H3. The molecule has 3 nitrogen and oxygen atoms in total. The summed E-state index contributed by atoms with van der Waals surface area (Å²) in [4.78, 5) is 8.70. The molecular weight excluding hydrogens is 188 g/mol. The monoisotopic (exact) mass is 208 g/mol. The highest BCUT2D eigenvalue weighted by Gasteiger charge is 2.23. The smallest absolute Gasteiger partial charge is 0.159 e. The molecule has 84 valence electrons. The lowest BCUT2D eigenvalue weighted by Crippen LogP contribution is -2.23. The zero-order chi connectivity index (χ0) is 11.7. The van der Waals surface area contributed by atoms with Crippen LogP contribution in [0.4, 0.5) is 0 Å². The molecule has 1 aromatic heterocycles. The number of aromatic nitrogens is 2. The molecule has 1 heterocycles. The summed E-state index contributed by atoms with van der Waals surface area (Å²) in [5.74, 6) is 0.720. The fourth-order valence-electron chi connectivity index (χ4n) is 1.12. The maximum absolute atomic E-state index is 5.32. The molecule has 0 aromatic carbocycles. The van der Waals surface area contributed by atoms with E-state index in [-0.39, 0.29) is 5.41 Å². The molecule has 1 aromatic rings. The molecule has 0 saturated heterocycles. The molecule has 0 aliphatic rings. The van der Waals surface area contributed by atoms with Gasteiger partial charge in [-0.25, -0.2) is 9.97 Å². The van der Waals surface area contributed by atoms with E-state index < -0.39 is 5.60 Å². The Hall–Kier alpha value is -0.960. The van der Waals surface area contributed by atoms with Crippen molar-refractivity contribution < 1.29 is 4.74 Å². The Balaban J connectivity index is 3.01. The molecule has 15 heavy (non-hydrogen) atoms. The van der Waals surface area contributed by atoms with Crippen molar-refractivity contribution in [1.82, 2.24) is 9.97 Å². The Kier molecular flexibility index (Phi) is 3.14. The lowest BCUT2D eigenvalue weighted by molar-refractivity contribution is 0.0114. The number of hydrogen-bond donors (Lipinski definition) is 0. The van der Waals surface area contributed by atoms with E-state index in [1.54, 1.807) is 7.11 Å². The van der Waals surface area contributed by atoms with Crippen LogP contribution in [0.5, 0.6) is 0 Å². The van der Waals surface area contributed by atoms with Gasteiger partial charge in [-0.1, -0.05) is 20.8 Å². The third-order valence-corrected chi connectivity index (χ3v) is 2.57. The van der Waals surface area contributed by atoms with Gasteiger partial charge in [-0.3, -0.25) is 0 Å². The van der Waals surface area contributed by atoms with E-state index in [0.717, 1.165) is 11.4 Å². The van der Waals surface area contributed by atoms with Crippen LogP contribution < -0.4 is 0 Å². The molecule has 3 heteroatoms. The van der Waals surface area contributed by atoms with Crippen LogP contribution in [-0.2, 0) is 15.8 Å². The Labute approximate surface area is 91.9 Å². The van der Waals surface area contributed by atoms with E-state index in [1.807, 2.05) is 26.2 Å². The van der Waals surface area contributed by atoms with E-state index in [9.17, 15) is 0 Å². The second-order valence-corrected chi connectivity index (χ2v) is 5.26. The lowest BCUT2D eigenvalue weighted by Gasteiger charge is -2.23.